The Balaban J connectivity index is 2.21. The van der Waals surface area contributed by atoms with E-state index in [1.165, 1.54) is 0 Å². The molecule has 0 saturated heterocycles. The lowest BCUT2D eigenvalue weighted by Gasteiger charge is -2.11. The first-order valence-electron chi connectivity index (χ1n) is 8.01. The lowest BCUT2D eigenvalue weighted by molar-refractivity contribution is -0.116. The molecule has 0 atom stereocenters. The summed E-state index contributed by atoms with van der Waals surface area (Å²) in [5.74, 6) is -0.702. The Bertz CT molecular complexity index is 715. The zero-order chi connectivity index (χ0) is 17.4. The van der Waals surface area contributed by atoms with Crippen LogP contribution in [-0.2, 0) is 14.3 Å². The molecule has 1 aromatic heterocycles. The highest BCUT2D eigenvalue weighted by Gasteiger charge is 2.17. The normalized spacial score (nSPS) is 10.6. The molecule has 0 aliphatic heterocycles. The van der Waals surface area contributed by atoms with E-state index >= 15 is 0 Å². The van der Waals surface area contributed by atoms with Gasteiger partial charge in [0, 0.05) is 25.5 Å². The van der Waals surface area contributed by atoms with Crippen LogP contribution in [0.1, 0.15) is 36.7 Å². The minimum Gasteiger partial charge on any atom is -0.461 e. The Hall–Kier alpha value is -2.47. The molecule has 0 radical (unpaired) electrons. The maximum Gasteiger partial charge on any atom is 0.359 e. The molecule has 0 saturated carbocycles. The van der Waals surface area contributed by atoms with E-state index in [0.29, 0.717) is 24.2 Å². The smallest absolute Gasteiger partial charge is 0.359 e. The predicted molar refractivity (Wildman–Crippen MR) is 92.1 cm³/mol. The fraction of sp³-hybridized carbons (Fsp3) is 0.389. The molecule has 128 valence electrons. The zero-order valence-corrected chi connectivity index (χ0v) is 14.0. The molecule has 2 aromatic rings. The molecule has 0 aliphatic rings. The van der Waals surface area contributed by atoms with E-state index in [1.54, 1.807) is 20.1 Å². The summed E-state index contributed by atoms with van der Waals surface area (Å²) in [6.07, 6.45) is 1.89. The van der Waals surface area contributed by atoms with Crippen molar-refractivity contribution in [2.75, 3.05) is 25.6 Å². The largest absolute Gasteiger partial charge is 0.461 e. The van der Waals surface area contributed by atoms with Gasteiger partial charge in [-0.05, 0) is 31.9 Å². The van der Waals surface area contributed by atoms with Gasteiger partial charge in [-0.2, -0.15) is 0 Å². The van der Waals surface area contributed by atoms with E-state index in [4.69, 9.17) is 9.47 Å². The van der Waals surface area contributed by atoms with E-state index in [9.17, 15) is 9.59 Å². The van der Waals surface area contributed by atoms with Gasteiger partial charge in [0.1, 0.15) is 0 Å². The topological polar surface area (TPSA) is 77.5 Å². The number of rotatable bonds is 8. The lowest BCUT2D eigenvalue weighted by atomic mass is 10.1. The minimum absolute atomic E-state index is 0.126. The number of unbranched alkanes of at least 4 members (excludes halogenated alkanes) is 1. The molecule has 2 rings (SSSR count). The van der Waals surface area contributed by atoms with Crippen molar-refractivity contribution in [2.45, 2.75) is 26.2 Å². The fourth-order valence-corrected chi connectivity index (χ4v) is 2.31. The molecule has 0 spiro atoms. The number of carbonyl (C=O) groups is 2. The number of hydrogen-bond acceptors (Lipinski definition) is 5. The van der Waals surface area contributed by atoms with Gasteiger partial charge in [-0.1, -0.05) is 18.2 Å². The molecular weight excluding hydrogens is 308 g/mol. The summed E-state index contributed by atoms with van der Waals surface area (Å²) in [5, 5.41) is 3.62. The fourth-order valence-electron chi connectivity index (χ4n) is 2.31. The number of pyridine rings is 1. The van der Waals surface area contributed by atoms with Crippen LogP contribution in [0.5, 0.6) is 0 Å². The van der Waals surface area contributed by atoms with Crippen molar-refractivity contribution in [3.63, 3.8) is 0 Å². The van der Waals surface area contributed by atoms with Gasteiger partial charge in [0.15, 0.2) is 5.69 Å². The van der Waals surface area contributed by atoms with E-state index in [1.807, 2.05) is 24.3 Å². The van der Waals surface area contributed by atoms with Crippen molar-refractivity contribution in [1.29, 1.82) is 0 Å². The molecule has 0 aliphatic carbocycles. The van der Waals surface area contributed by atoms with E-state index in [2.05, 4.69) is 10.3 Å². The molecule has 1 N–H and O–H groups in total. The predicted octanol–water partition coefficient (Wildman–Crippen LogP) is 3.17. The molecule has 1 heterocycles. The van der Waals surface area contributed by atoms with Crippen LogP contribution in [0.3, 0.4) is 0 Å². The van der Waals surface area contributed by atoms with Gasteiger partial charge in [0.05, 0.1) is 17.8 Å². The number of fused-ring (bicyclic) bond motifs is 1. The molecule has 6 nitrogen and oxygen atoms in total. The van der Waals surface area contributed by atoms with Gasteiger partial charge in [-0.15, -0.1) is 0 Å². The number of hydrogen-bond donors (Lipinski definition) is 1. The maximum atomic E-state index is 12.1. The number of benzene rings is 1. The van der Waals surface area contributed by atoms with Crippen molar-refractivity contribution in [1.82, 2.24) is 4.98 Å². The van der Waals surface area contributed by atoms with Gasteiger partial charge in [0.25, 0.3) is 0 Å². The highest BCUT2D eigenvalue weighted by atomic mass is 16.5. The second kappa shape index (κ2) is 8.98. The number of amides is 1. The molecule has 0 fully saturated rings. The summed E-state index contributed by atoms with van der Waals surface area (Å²) in [6, 6.07) is 9.17. The molecule has 0 bridgehead atoms. The zero-order valence-electron chi connectivity index (χ0n) is 14.0. The number of ether oxygens (including phenoxy) is 2. The lowest BCUT2D eigenvalue weighted by Crippen LogP contribution is -2.17. The van der Waals surface area contributed by atoms with Gasteiger partial charge in [-0.3, -0.25) is 4.79 Å². The first-order valence-corrected chi connectivity index (χ1v) is 8.01. The Kier molecular flexibility index (Phi) is 6.69. The number of esters is 1. The number of carbonyl (C=O) groups excluding carboxylic acids is 2. The summed E-state index contributed by atoms with van der Waals surface area (Å²) >= 11 is 0. The standard InChI is InChI=1S/C18H22N2O4/c1-3-24-18(22)17-15(19-16(21)10-6-7-11-23-2)12-13-8-4-5-9-14(13)20-17/h4-5,8-9,12H,3,6-7,10-11H2,1-2H3,(H,19,21). The summed E-state index contributed by atoms with van der Waals surface area (Å²) in [6.45, 7) is 2.60. The van der Waals surface area contributed by atoms with Crippen LogP contribution in [0, 0.1) is 0 Å². The van der Waals surface area contributed by atoms with Gasteiger partial charge in [-0.25, -0.2) is 9.78 Å². The van der Waals surface area contributed by atoms with E-state index in [-0.39, 0.29) is 18.2 Å². The monoisotopic (exact) mass is 330 g/mol. The Morgan fingerprint density at radius 1 is 1.21 bits per heavy atom. The number of methoxy groups -OCH3 is 1. The first-order chi connectivity index (χ1) is 11.7. The first kappa shape index (κ1) is 17.9. The number of anilines is 1. The highest BCUT2D eigenvalue weighted by molar-refractivity contribution is 6.02. The summed E-state index contributed by atoms with van der Waals surface area (Å²) in [5.41, 5.74) is 1.18. The van der Waals surface area contributed by atoms with Crippen molar-refractivity contribution in [3.8, 4) is 0 Å². The van der Waals surface area contributed by atoms with Crippen LogP contribution >= 0.6 is 0 Å². The Morgan fingerprint density at radius 2 is 2.00 bits per heavy atom. The summed E-state index contributed by atoms with van der Waals surface area (Å²) in [4.78, 5) is 28.6. The van der Waals surface area contributed by atoms with E-state index < -0.39 is 5.97 Å². The minimum atomic E-state index is -0.544. The SMILES string of the molecule is CCOC(=O)c1nc2ccccc2cc1NC(=O)CCCCOC. The molecular formula is C18H22N2O4. The van der Waals surface area contributed by atoms with E-state index in [0.717, 1.165) is 18.2 Å². The summed E-state index contributed by atoms with van der Waals surface area (Å²) in [7, 11) is 1.63. The Morgan fingerprint density at radius 3 is 2.75 bits per heavy atom. The molecule has 1 amide bonds. The van der Waals surface area contributed by atoms with Crippen LogP contribution in [-0.4, -0.2) is 37.2 Å². The van der Waals surface area contributed by atoms with Crippen molar-refractivity contribution >= 4 is 28.5 Å². The Labute approximate surface area is 141 Å². The molecule has 0 unspecified atom stereocenters. The molecule has 1 aromatic carbocycles. The number of aromatic nitrogens is 1. The van der Waals surface area contributed by atoms with Crippen LogP contribution in [0.2, 0.25) is 0 Å². The second-order valence-electron chi connectivity index (χ2n) is 5.30. The van der Waals surface area contributed by atoms with Crippen molar-refractivity contribution in [2.24, 2.45) is 0 Å². The van der Waals surface area contributed by atoms with Crippen LogP contribution in [0.25, 0.3) is 10.9 Å². The van der Waals surface area contributed by atoms with Crippen LogP contribution < -0.4 is 5.32 Å². The number of para-hydroxylation sites is 1. The molecule has 24 heavy (non-hydrogen) atoms. The maximum absolute atomic E-state index is 12.1. The highest BCUT2D eigenvalue weighted by Crippen LogP contribution is 2.22. The van der Waals surface area contributed by atoms with Crippen molar-refractivity contribution < 1.29 is 19.1 Å². The summed E-state index contributed by atoms with van der Waals surface area (Å²) < 4.78 is 10.0. The molecule has 6 heteroatoms. The quantitative estimate of drug-likeness (QED) is 0.594. The third-order valence-corrected chi connectivity index (χ3v) is 3.47. The van der Waals surface area contributed by atoms with Crippen LogP contribution in [0.4, 0.5) is 5.69 Å². The number of nitrogens with one attached hydrogen (secondary N) is 1. The van der Waals surface area contributed by atoms with Gasteiger partial charge >= 0.3 is 5.97 Å². The third kappa shape index (κ3) is 4.76. The van der Waals surface area contributed by atoms with Crippen LogP contribution in [0.15, 0.2) is 30.3 Å². The average Bonchev–Trinajstić information content (AvgIpc) is 2.58. The number of nitrogens with zero attached hydrogens (tertiary/aromatic N) is 1. The second-order valence-corrected chi connectivity index (χ2v) is 5.30. The van der Waals surface area contributed by atoms with Gasteiger partial charge in [0.2, 0.25) is 5.91 Å². The van der Waals surface area contributed by atoms with Crippen molar-refractivity contribution in [3.05, 3.63) is 36.0 Å². The average molecular weight is 330 g/mol. The third-order valence-electron chi connectivity index (χ3n) is 3.47. The van der Waals surface area contributed by atoms with Gasteiger partial charge < -0.3 is 14.8 Å².